The van der Waals surface area contributed by atoms with Gasteiger partial charge in [0.25, 0.3) is 0 Å². The fourth-order valence-electron chi connectivity index (χ4n) is 0.866. The van der Waals surface area contributed by atoms with Crippen molar-refractivity contribution in [2.45, 2.75) is 34.6 Å². The van der Waals surface area contributed by atoms with Gasteiger partial charge in [-0.15, -0.1) is 0 Å². The van der Waals surface area contributed by atoms with E-state index in [9.17, 15) is 9.59 Å². The molecule has 0 aliphatic carbocycles. The largest absolute Gasteiger partial charge is 0.293 e. The van der Waals surface area contributed by atoms with E-state index in [1.165, 1.54) is 13.8 Å². The van der Waals surface area contributed by atoms with Crippen molar-refractivity contribution in [1.29, 1.82) is 0 Å². The Balaban J connectivity index is 4.15. The standard InChI is InChI=1S/C12H20N2O2/c1-8(6-13-9(2)11(4)15)7-14-10(3)12(5)16/h8H,6-7H2,1-5H3. The highest BCUT2D eigenvalue weighted by Crippen LogP contribution is 1.98. The van der Waals surface area contributed by atoms with Crippen molar-refractivity contribution in [3.8, 4) is 0 Å². The molecule has 0 aromatic heterocycles. The van der Waals surface area contributed by atoms with Crippen LogP contribution in [0.15, 0.2) is 9.98 Å². The lowest BCUT2D eigenvalue weighted by Gasteiger charge is -2.05. The van der Waals surface area contributed by atoms with E-state index in [1.54, 1.807) is 13.8 Å². The maximum atomic E-state index is 10.9. The van der Waals surface area contributed by atoms with E-state index in [0.29, 0.717) is 24.5 Å². The number of ketones is 2. The number of aliphatic imine (C=N–C) groups is 2. The molecule has 0 unspecified atom stereocenters. The van der Waals surface area contributed by atoms with Gasteiger partial charge in [0, 0.05) is 26.9 Å². The van der Waals surface area contributed by atoms with Gasteiger partial charge in [0.15, 0.2) is 11.6 Å². The van der Waals surface area contributed by atoms with Gasteiger partial charge in [-0.25, -0.2) is 0 Å². The average Bonchev–Trinajstić information content (AvgIpc) is 2.21. The first-order valence-electron chi connectivity index (χ1n) is 5.38. The van der Waals surface area contributed by atoms with Gasteiger partial charge in [-0.1, -0.05) is 6.92 Å². The highest BCUT2D eigenvalue weighted by atomic mass is 16.1. The number of Topliss-reactive ketones (excluding diaryl/α,β-unsaturated/α-hetero) is 2. The summed E-state index contributed by atoms with van der Waals surface area (Å²) in [4.78, 5) is 30.1. The molecule has 0 fully saturated rings. The fourth-order valence-corrected chi connectivity index (χ4v) is 0.866. The maximum Gasteiger partial charge on any atom is 0.173 e. The second kappa shape index (κ2) is 7.04. The van der Waals surface area contributed by atoms with Crippen LogP contribution in [0.25, 0.3) is 0 Å². The van der Waals surface area contributed by atoms with Crippen molar-refractivity contribution in [3.05, 3.63) is 0 Å². The molecule has 0 aliphatic heterocycles. The number of hydrogen-bond donors (Lipinski definition) is 0. The van der Waals surface area contributed by atoms with E-state index in [2.05, 4.69) is 9.98 Å². The Labute approximate surface area is 96.9 Å². The number of carbonyl (C=O) groups excluding carboxylic acids is 2. The van der Waals surface area contributed by atoms with Crippen LogP contribution in [0, 0.1) is 5.92 Å². The summed E-state index contributed by atoms with van der Waals surface area (Å²) in [6, 6.07) is 0. The predicted molar refractivity (Wildman–Crippen MR) is 66.5 cm³/mol. The molecule has 90 valence electrons. The minimum Gasteiger partial charge on any atom is -0.293 e. The van der Waals surface area contributed by atoms with Crippen LogP contribution in [0.3, 0.4) is 0 Å². The van der Waals surface area contributed by atoms with Crippen molar-refractivity contribution in [1.82, 2.24) is 0 Å². The number of hydrogen-bond acceptors (Lipinski definition) is 4. The molecule has 0 saturated carbocycles. The fraction of sp³-hybridized carbons (Fsp3) is 0.667. The van der Waals surface area contributed by atoms with Crippen LogP contribution < -0.4 is 0 Å². The molecule has 0 rings (SSSR count). The van der Waals surface area contributed by atoms with Crippen molar-refractivity contribution in [2.24, 2.45) is 15.9 Å². The van der Waals surface area contributed by atoms with Crippen LogP contribution in [-0.2, 0) is 9.59 Å². The van der Waals surface area contributed by atoms with Gasteiger partial charge in [0.05, 0.1) is 11.4 Å². The Bertz CT molecular complexity index is 298. The minimum absolute atomic E-state index is 0.00406. The first-order valence-corrected chi connectivity index (χ1v) is 5.38. The van der Waals surface area contributed by atoms with Crippen LogP contribution >= 0.6 is 0 Å². The van der Waals surface area contributed by atoms with Gasteiger partial charge < -0.3 is 0 Å². The normalized spacial score (nSPS) is 14.8. The molecule has 0 spiro atoms. The van der Waals surface area contributed by atoms with Crippen LogP contribution in [0.2, 0.25) is 0 Å². The van der Waals surface area contributed by atoms with E-state index in [4.69, 9.17) is 0 Å². The van der Waals surface area contributed by atoms with Gasteiger partial charge in [-0.05, 0) is 19.8 Å². The Morgan fingerprint density at radius 3 is 1.44 bits per heavy atom. The quantitative estimate of drug-likeness (QED) is 0.645. The summed E-state index contributed by atoms with van der Waals surface area (Å²) < 4.78 is 0. The molecular weight excluding hydrogens is 204 g/mol. The second-order valence-electron chi connectivity index (χ2n) is 4.07. The Hall–Kier alpha value is -1.32. The summed E-state index contributed by atoms with van der Waals surface area (Å²) in [5.74, 6) is 0.231. The number of nitrogens with zero attached hydrogens (tertiary/aromatic N) is 2. The van der Waals surface area contributed by atoms with Crippen LogP contribution in [0.1, 0.15) is 34.6 Å². The Kier molecular flexibility index (Phi) is 6.46. The smallest absolute Gasteiger partial charge is 0.173 e. The molecule has 0 aliphatic rings. The molecule has 16 heavy (non-hydrogen) atoms. The second-order valence-corrected chi connectivity index (χ2v) is 4.07. The Morgan fingerprint density at radius 1 is 0.875 bits per heavy atom. The molecule has 0 amide bonds. The topological polar surface area (TPSA) is 58.9 Å². The molecule has 0 heterocycles. The highest BCUT2D eigenvalue weighted by Gasteiger charge is 2.03. The average molecular weight is 224 g/mol. The van der Waals surface area contributed by atoms with E-state index >= 15 is 0 Å². The zero-order chi connectivity index (χ0) is 12.7. The lowest BCUT2D eigenvalue weighted by molar-refractivity contribution is -0.111. The first-order chi connectivity index (χ1) is 7.34. The molecule has 0 radical (unpaired) electrons. The molecule has 0 aromatic carbocycles. The Morgan fingerprint density at radius 2 is 1.19 bits per heavy atom. The molecule has 0 saturated heterocycles. The van der Waals surface area contributed by atoms with E-state index in [-0.39, 0.29) is 17.5 Å². The predicted octanol–water partition coefficient (Wildman–Crippen LogP) is 1.72. The summed E-state index contributed by atoms with van der Waals surface area (Å²) >= 11 is 0. The highest BCUT2D eigenvalue weighted by molar-refractivity contribution is 6.38. The molecule has 0 aromatic rings. The van der Waals surface area contributed by atoms with Crippen LogP contribution in [0.4, 0.5) is 0 Å². The van der Waals surface area contributed by atoms with E-state index < -0.39 is 0 Å². The molecular formula is C12H20N2O2. The number of rotatable bonds is 6. The zero-order valence-electron chi connectivity index (χ0n) is 10.7. The molecule has 0 N–H and O–H groups in total. The summed E-state index contributed by atoms with van der Waals surface area (Å²) in [6.45, 7) is 9.55. The molecule has 4 nitrogen and oxygen atoms in total. The van der Waals surface area contributed by atoms with Crippen molar-refractivity contribution >= 4 is 23.0 Å². The SMILES string of the molecule is CC(=O)C(C)=NCC(C)CN=C(C)C(C)=O. The van der Waals surface area contributed by atoms with E-state index in [0.717, 1.165) is 0 Å². The van der Waals surface area contributed by atoms with E-state index in [1.807, 2.05) is 6.92 Å². The molecule has 0 bridgehead atoms. The van der Waals surface area contributed by atoms with Gasteiger partial charge in [-0.3, -0.25) is 19.6 Å². The van der Waals surface area contributed by atoms with Gasteiger partial charge >= 0.3 is 0 Å². The third-order valence-electron chi connectivity index (χ3n) is 2.30. The third-order valence-corrected chi connectivity index (χ3v) is 2.30. The van der Waals surface area contributed by atoms with Crippen LogP contribution in [0.5, 0.6) is 0 Å². The van der Waals surface area contributed by atoms with Crippen molar-refractivity contribution in [2.75, 3.05) is 13.1 Å². The van der Waals surface area contributed by atoms with Crippen molar-refractivity contribution in [3.63, 3.8) is 0 Å². The lowest BCUT2D eigenvalue weighted by atomic mass is 10.2. The minimum atomic E-state index is -0.00406. The number of carbonyl (C=O) groups is 2. The van der Waals surface area contributed by atoms with Crippen LogP contribution in [-0.4, -0.2) is 36.1 Å². The lowest BCUT2D eigenvalue weighted by Crippen LogP contribution is -2.12. The zero-order valence-corrected chi connectivity index (χ0v) is 10.7. The van der Waals surface area contributed by atoms with Crippen molar-refractivity contribution < 1.29 is 9.59 Å². The summed E-state index contributed by atoms with van der Waals surface area (Å²) in [5, 5.41) is 0. The summed E-state index contributed by atoms with van der Waals surface area (Å²) in [6.07, 6.45) is 0. The van der Waals surface area contributed by atoms with Gasteiger partial charge in [0.1, 0.15) is 0 Å². The maximum absolute atomic E-state index is 10.9. The van der Waals surface area contributed by atoms with Gasteiger partial charge in [-0.2, -0.15) is 0 Å². The molecule has 0 atom stereocenters. The summed E-state index contributed by atoms with van der Waals surface area (Å²) in [5.41, 5.74) is 1.08. The first kappa shape index (κ1) is 14.7. The molecule has 4 heteroatoms. The van der Waals surface area contributed by atoms with Gasteiger partial charge in [0.2, 0.25) is 0 Å². The monoisotopic (exact) mass is 224 g/mol. The third kappa shape index (κ3) is 6.22. The summed E-state index contributed by atoms with van der Waals surface area (Å²) in [7, 11) is 0.